The van der Waals surface area contributed by atoms with Gasteiger partial charge in [-0.1, -0.05) is 0 Å². The first-order valence-electron chi connectivity index (χ1n) is 4.89. The molecule has 1 heterocycles. The van der Waals surface area contributed by atoms with Gasteiger partial charge in [-0.05, 0) is 13.8 Å². The Bertz CT molecular complexity index is 470. The van der Waals surface area contributed by atoms with Crippen molar-refractivity contribution in [1.29, 1.82) is 0 Å². The van der Waals surface area contributed by atoms with E-state index in [1.807, 2.05) is 0 Å². The van der Waals surface area contributed by atoms with Crippen molar-refractivity contribution in [3.8, 4) is 0 Å². The van der Waals surface area contributed by atoms with E-state index in [0.717, 1.165) is 12.4 Å². The van der Waals surface area contributed by atoms with Gasteiger partial charge in [-0.25, -0.2) is 23.1 Å². The molecule has 3 N–H and O–H groups in total. The molecule has 0 saturated heterocycles. The summed E-state index contributed by atoms with van der Waals surface area (Å²) in [4.78, 5) is 7.22. The van der Waals surface area contributed by atoms with Gasteiger partial charge in [-0.2, -0.15) is 0 Å². The molecule has 0 radical (unpaired) electrons. The third kappa shape index (κ3) is 3.91. The minimum atomic E-state index is -3.63. The van der Waals surface area contributed by atoms with E-state index in [1.165, 1.54) is 7.11 Å². The molecule has 0 fully saturated rings. The van der Waals surface area contributed by atoms with Gasteiger partial charge in [-0.15, -0.1) is 0 Å². The maximum Gasteiger partial charge on any atom is 0.243 e. The smallest absolute Gasteiger partial charge is 0.243 e. The van der Waals surface area contributed by atoms with Crippen LogP contribution in [0.4, 0.5) is 5.95 Å². The molecule has 8 heteroatoms. The SMILES string of the molecule is COC(C)(C)CNS(=O)(=O)c1cnc(N)nc1. The second-order valence-electron chi connectivity index (χ2n) is 4.07. The van der Waals surface area contributed by atoms with E-state index >= 15 is 0 Å². The van der Waals surface area contributed by atoms with Gasteiger partial charge in [0.1, 0.15) is 4.90 Å². The molecule has 96 valence electrons. The van der Waals surface area contributed by atoms with Crippen molar-refractivity contribution < 1.29 is 13.2 Å². The van der Waals surface area contributed by atoms with Crippen LogP contribution in [0.2, 0.25) is 0 Å². The summed E-state index contributed by atoms with van der Waals surface area (Å²) >= 11 is 0. The minimum Gasteiger partial charge on any atom is -0.377 e. The maximum atomic E-state index is 11.8. The first kappa shape index (κ1) is 13.8. The van der Waals surface area contributed by atoms with Crippen molar-refractivity contribution in [2.75, 3.05) is 19.4 Å². The molecule has 1 rings (SSSR count). The van der Waals surface area contributed by atoms with Crippen molar-refractivity contribution in [3.63, 3.8) is 0 Å². The number of anilines is 1. The van der Waals surface area contributed by atoms with E-state index < -0.39 is 15.6 Å². The number of aromatic nitrogens is 2. The van der Waals surface area contributed by atoms with E-state index in [4.69, 9.17) is 10.5 Å². The number of nitrogens with zero attached hydrogens (tertiary/aromatic N) is 2. The van der Waals surface area contributed by atoms with Crippen LogP contribution in [0.25, 0.3) is 0 Å². The average Bonchev–Trinajstić information content (AvgIpc) is 2.27. The van der Waals surface area contributed by atoms with E-state index in [2.05, 4.69) is 14.7 Å². The Kier molecular flexibility index (Phi) is 4.02. The van der Waals surface area contributed by atoms with E-state index in [1.54, 1.807) is 13.8 Å². The normalized spacial score (nSPS) is 12.6. The van der Waals surface area contributed by atoms with E-state index in [-0.39, 0.29) is 17.4 Å². The fourth-order valence-corrected chi connectivity index (χ4v) is 1.98. The minimum absolute atomic E-state index is 0.0289. The number of hydrogen-bond donors (Lipinski definition) is 2. The van der Waals surface area contributed by atoms with Crippen molar-refractivity contribution in [2.45, 2.75) is 24.3 Å². The van der Waals surface area contributed by atoms with Crippen LogP contribution in [-0.2, 0) is 14.8 Å². The summed E-state index contributed by atoms with van der Waals surface area (Å²) in [6.07, 6.45) is 2.31. The lowest BCUT2D eigenvalue weighted by Gasteiger charge is -2.22. The van der Waals surface area contributed by atoms with Crippen LogP contribution >= 0.6 is 0 Å². The van der Waals surface area contributed by atoms with Crippen molar-refractivity contribution in [2.24, 2.45) is 0 Å². The molecule has 1 aromatic rings. The van der Waals surface area contributed by atoms with Crippen LogP contribution in [0.5, 0.6) is 0 Å². The highest BCUT2D eigenvalue weighted by Gasteiger charge is 2.22. The summed E-state index contributed by atoms with van der Waals surface area (Å²) in [5.41, 5.74) is 4.70. The summed E-state index contributed by atoms with van der Waals surface area (Å²) in [5, 5.41) is 0. The van der Waals surface area contributed by atoms with Crippen LogP contribution in [0.15, 0.2) is 17.3 Å². The molecular formula is C9H16N4O3S. The molecule has 0 bridgehead atoms. The summed E-state index contributed by atoms with van der Waals surface area (Å²) in [5.74, 6) is 0.0289. The van der Waals surface area contributed by atoms with E-state index in [0.29, 0.717) is 0 Å². The lowest BCUT2D eigenvalue weighted by Crippen LogP contribution is -2.39. The maximum absolute atomic E-state index is 11.8. The summed E-state index contributed by atoms with van der Waals surface area (Å²) in [6, 6.07) is 0. The fourth-order valence-electron chi connectivity index (χ4n) is 0.889. The second-order valence-corrected chi connectivity index (χ2v) is 5.83. The topological polar surface area (TPSA) is 107 Å². The fraction of sp³-hybridized carbons (Fsp3) is 0.556. The van der Waals surface area contributed by atoms with Crippen LogP contribution < -0.4 is 10.5 Å². The Morgan fingerprint density at radius 2 is 1.94 bits per heavy atom. The standard InChI is InChI=1S/C9H16N4O3S/c1-9(2,16-3)6-13-17(14,15)7-4-11-8(10)12-5-7/h4-5,13H,6H2,1-3H3,(H2,10,11,12). The van der Waals surface area contributed by atoms with Crippen molar-refractivity contribution >= 4 is 16.0 Å². The molecule has 0 aromatic carbocycles. The highest BCUT2D eigenvalue weighted by atomic mass is 32.2. The van der Waals surface area contributed by atoms with E-state index in [9.17, 15) is 8.42 Å². The zero-order chi connectivity index (χ0) is 13.1. The third-order valence-corrected chi connectivity index (χ3v) is 3.55. The molecule has 0 aliphatic heterocycles. The van der Waals surface area contributed by atoms with Crippen LogP contribution in [-0.4, -0.2) is 37.6 Å². The Morgan fingerprint density at radius 1 is 1.41 bits per heavy atom. The largest absolute Gasteiger partial charge is 0.377 e. The molecule has 0 saturated carbocycles. The number of methoxy groups -OCH3 is 1. The quantitative estimate of drug-likeness (QED) is 0.756. The zero-order valence-corrected chi connectivity index (χ0v) is 10.8. The first-order valence-corrected chi connectivity index (χ1v) is 6.37. The first-order chi connectivity index (χ1) is 7.77. The molecule has 0 aliphatic carbocycles. The number of ether oxygens (including phenoxy) is 1. The van der Waals surface area contributed by atoms with Gasteiger partial charge in [0.2, 0.25) is 16.0 Å². The molecule has 0 unspecified atom stereocenters. The highest BCUT2D eigenvalue weighted by molar-refractivity contribution is 7.89. The van der Waals surface area contributed by atoms with Crippen molar-refractivity contribution in [1.82, 2.24) is 14.7 Å². The molecule has 0 aliphatic rings. The summed E-state index contributed by atoms with van der Waals surface area (Å²) < 4.78 is 31.2. The van der Waals surface area contributed by atoms with Gasteiger partial charge in [0.05, 0.1) is 18.0 Å². The highest BCUT2D eigenvalue weighted by Crippen LogP contribution is 2.09. The predicted molar refractivity (Wildman–Crippen MR) is 62.7 cm³/mol. The molecule has 7 nitrogen and oxygen atoms in total. The molecule has 1 aromatic heterocycles. The number of nitrogens with one attached hydrogen (secondary N) is 1. The Labute approximate surface area is 100 Å². The van der Waals surface area contributed by atoms with Gasteiger partial charge in [0.15, 0.2) is 0 Å². The van der Waals surface area contributed by atoms with Crippen LogP contribution in [0, 0.1) is 0 Å². The average molecular weight is 260 g/mol. The van der Waals surface area contributed by atoms with Crippen LogP contribution in [0.1, 0.15) is 13.8 Å². The number of hydrogen-bond acceptors (Lipinski definition) is 6. The van der Waals surface area contributed by atoms with Gasteiger partial charge >= 0.3 is 0 Å². The Hall–Kier alpha value is -1.25. The number of nitrogens with two attached hydrogens (primary N) is 1. The summed E-state index contributed by atoms with van der Waals surface area (Å²) in [7, 11) is -2.12. The lowest BCUT2D eigenvalue weighted by molar-refractivity contribution is 0.0276. The monoisotopic (exact) mass is 260 g/mol. The zero-order valence-electron chi connectivity index (χ0n) is 9.97. The predicted octanol–water partition coefficient (Wildman–Crippen LogP) is -0.238. The molecule has 17 heavy (non-hydrogen) atoms. The lowest BCUT2D eigenvalue weighted by atomic mass is 10.1. The molecule has 0 amide bonds. The number of rotatable bonds is 5. The molecule has 0 spiro atoms. The van der Waals surface area contributed by atoms with Crippen LogP contribution in [0.3, 0.4) is 0 Å². The number of nitrogen functional groups attached to an aromatic ring is 1. The third-order valence-electron chi connectivity index (χ3n) is 2.20. The molecular weight excluding hydrogens is 244 g/mol. The summed E-state index contributed by atoms with van der Waals surface area (Å²) in [6.45, 7) is 3.69. The Morgan fingerprint density at radius 3 is 2.41 bits per heavy atom. The van der Waals surface area contributed by atoms with Gasteiger partial charge in [-0.3, -0.25) is 0 Å². The van der Waals surface area contributed by atoms with Gasteiger partial charge < -0.3 is 10.5 Å². The van der Waals surface area contributed by atoms with Crippen molar-refractivity contribution in [3.05, 3.63) is 12.4 Å². The Balaban J connectivity index is 2.79. The molecule has 0 atom stereocenters. The second kappa shape index (κ2) is 4.94. The number of sulfonamides is 1. The van der Waals surface area contributed by atoms with Gasteiger partial charge in [0.25, 0.3) is 0 Å². The van der Waals surface area contributed by atoms with Gasteiger partial charge in [0, 0.05) is 13.7 Å².